The maximum absolute atomic E-state index is 13.1. The summed E-state index contributed by atoms with van der Waals surface area (Å²) < 4.78 is 0. The number of piperidine rings is 1. The second-order valence-electron chi connectivity index (χ2n) is 8.36. The maximum atomic E-state index is 13.1. The van der Waals surface area contributed by atoms with Crippen LogP contribution in [0.3, 0.4) is 0 Å². The largest absolute Gasteiger partial charge is 0.394 e. The van der Waals surface area contributed by atoms with E-state index in [1.54, 1.807) is 0 Å². The van der Waals surface area contributed by atoms with Gasteiger partial charge in [0.1, 0.15) is 12.3 Å². The first-order valence-corrected chi connectivity index (χ1v) is 11.4. The summed E-state index contributed by atoms with van der Waals surface area (Å²) >= 11 is 0. The van der Waals surface area contributed by atoms with Gasteiger partial charge in [0.05, 0.1) is 6.04 Å². The number of nitrogens with zero attached hydrogens (tertiary/aromatic N) is 2. The van der Waals surface area contributed by atoms with Gasteiger partial charge in [-0.05, 0) is 51.8 Å². The van der Waals surface area contributed by atoms with Gasteiger partial charge in [0.15, 0.2) is 5.78 Å². The van der Waals surface area contributed by atoms with Gasteiger partial charge in [-0.3, -0.25) is 9.69 Å². The smallest absolute Gasteiger partial charge is 0.163 e. The highest BCUT2D eigenvalue weighted by atomic mass is 16.6. The number of ketones is 1. The number of hydrogen-bond acceptors (Lipinski definition) is 5. The number of oxime groups is 1. The molecule has 0 spiro atoms. The molecule has 1 unspecified atom stereocenters. The highest BCUT2D eigenvalue weighted by Crippen LogP contribution is 2.22. The van der Waals surface area contributed by atoms with E-state index < -0.39 is 0 Å². The first-order chi connectivity index (χ1) is 15.1. The molecule has 31 heavy (non-hydrogen) atoms. The molecule has 1 heterocycles. The van der Waals surface area contributed by atoms with Crippen molar-refractivity contribution in [2.75, 3.05) is 26.2 Å². The molecule has 5 heteroatoms. The van der Waals surface area contributed by atoms with E-state index in [0.717, 1.165) is 35.5 Å². The Hall–Kier alpha value is -2.50. The van der Waals surface area contributed by atoms with Gasteiger partial charge in [-0.1, -0.05) is 65.7 Å². The van der Waals surface area contributed by atoms with Crippen molar-refractivity contribution in [2.45, 2.75) is 52.0 Å². The number of benzene rings is 2. The molecule has 0 radical (unpaired) electrons. The van der Waals surface area contributed by atoms with Crippen LogP contribution in [0.25, 0.3) is 0 Å². The predicted octanol–water partition coefficient (Wildman–Crippen LogP) is 4.50. The highest BCUT2D eigenvalue weighted by Gasteiger charge is 2.28. The average molecular weight is 422 g/mol. The lowest BCUT2D eigenvalue weighted by Crippen LogP contribution is -2.45. The Kier molecular flexibility index (Phi) is 8.80. The van der Waals surface area contributed by atoms with Gasteiger partial charge in [-0.25, -0.2) is 0 Å². The summed E-state index contributed by atoms with van der Waals surface area (Å²) in [6, 6.07) is 16.2. The molecule has 0 aliphatic carbocycles. The van der Waals surface area contributed by atoms with Crippen molar-refractivity contribution < 1.29 is 9.63 Å². The third kappa shape index (κ3) is 6.49. The van der Waals surface area contributed by atoms with E-state index in [4.69, 9.17) is 10.6 Å². The van der Waals surface area contributed by atoms with Crippen LogP contribution in [0.1, 0.15) is 59.2 Å². The molecule has 5 nitrogen and oxygen atoms in total. The van der Waals surface area contributed by atoms with Crippen LogP contribution < -0.4 is 5.73 Å². The Morgan fingerprint density at radius 1 is 1.10 bits per heavy atom. The quantitative estimate of drug-likeness (QED) is 0.265. The van der Waals surface area contributed by atoms with Crippen molar-refractivity contribution in [2.24, 2.45) is 10.9 Å². The van der Waals surface area contributed by atoms with Crippen LogP contribution in [0.5, 0.6) is 0 Å². The topological polar surface area (TPSA) is 67.9 Å². The van der Waals surface area contributed by atoms with E-state index in [1.165, 1.54) is 24.8 Å². The minimum atomic E-state index is 0.0372. The van der Waals surface area contributed by atoms with Crippen molar-refractivity contribution in [1.82, 2.24) is 4.90 Å². The third-order valence-electron chi connectivity index (χ3n) is 5.92. The molecule has 0 bridgehead atoms. The first-order valence-electron chi connectivity index (χ1n) is 11.4. The van der Waals surface area contributed by atoms with E-state index in [-0.39, 0.29) is 11.8 Å². The van der Waals surface area contributed by atoms with Crippen LogP contribution in [-0.4, -0.2) is 48.7 Å². The Morgan fingerprint density at radius 2 is 1.84 bits per heavy atom. The van der Waals surface area contributed by atoms with Crippen molar-refractivity contribution >= 4 is 11.5 Å². The molecule has 3 rings (SSSR count). The molecule has 2 aromatic rings. The number of likely N-dealkylation sites (tertiary alicyclic amines) is 1. The third-order valence-corrected chi connectivity index (χ3v) is 5.92. The molecule has 0 aromatic heterocycles. The van der Waals surface area contributed by atoms with Crippen LogP contribution in [-0.2, 0) is 4.84 Å². The minimum absolute atomic E-state index is 0.0372. The molecule has 1 aliphatic rings. The summed E-state index contributed by atoms with van der Waals surface area (Å²) in [5.74, 6) is 0.190. The molecule has 166 valence electrons. The Balaban J connectivity index is 1.85. The maximum Gasteiger partial charge on any atom is 0.163 e. The monoisotopic (exact) mass is 421 g/mol. The van der Waals surface area contributed by atoms with E-state index in [9.17, 15) is 4.79 Å². The molecule has 1 fully saturated rings. The van der Waals surface area contributed by atoms with Crippen LogP contribution in [0.4, 0.5) is 0 Å². The lowest BCUT2D eigenvalue weighted by Gasteiger charge is -2.35. The summed E-state index contributed by atoms with van der Waals surface area (Å²) in [5, 5.41) is 4.52. The molecular formula is C26H35N3O2. The number of Topliss-reactive ketones (excluding diaryl/α,β-unsaturated/α-hetero) is 1. The molecule has 0 amide bonds. The van der Waals surface area contributed by atoms with Crippen LogP contribution in [0, 0.1) is 13.8 Å². The molecular weight excluding hydrogens is 386 g/mol. The molecule has 1 saturated heterocycles. The van der Waals surface area contributed by atoms with Gasteiger partial charge in [-0.15, -0.1) is 0 Å². The first kappa shape index (κ1) is 23.2. The fourth-order valence-electron chi connectivity index (χ4n) is 4.33. The zero-order chi connectivity index (χ0) is 22.1. The fourth-order valence-corrected chi connectivity index (χ4v) is 4.33. The number of carbonyl (C=O) groups is 1. The van der Waals surface area contributed by atoms with Gasteiger partial charge in [0.25, 0.3) is 0 Å². The highest BCUT2D eigenvalue weighted by molar-refractivity contribution is 6.05. The Bertz CT molecular complexity index is 873. The number of rotatable bonds is 10. The molecule has 0 saturated carbocycles. The van der Waals surface area contributed by atoms with Gasteiger partial charge < -0.3 is 10.6 Å². The van der Waals surface area contributed by atoms with E-state index in [0.29, 0.717) is 26.0 Å². The van der Waals surface area contributed by atoms with Crippen molar-refractivity contribution in [3.8, 4) is 0 Å². The van der Waals surface area contributed by atoms with Crippen molar-refractivity contribution in [1.29, 1.82) is 0 Å². The second-order valence-corrected chi connectivity index (χ2v) is 8.36. The normalized spacial score (nSPS) is 16.2. The molecule has 2 aromatic carbocycles. The van der Waals surface area contributed by atoms with Crippen molar-refractivity contribution in [3.63, 3.8) is 0 Å². The van der Waals surface area contributed by atoms with Gasteiger partial charge >= 0.3 is 0 Å². The van der Waals surface area contributed by atoms with E-state index in [2.05, 4.69) is 35.2 Å². The van der Waals surface area contributed by atoms with E-state index >= 15 is 0 Å². The molecule has 1 atom stereocenters. The summed E-state index contributed by atoms with van der Waals surface area (Å²) in [6.45, 7) is 6.91. The fraction of sp³-hybridized carbons (Fsp3) is 0.462. The minimum Gasteiger partial charge on any atom is -0.394 e. The van der Waals surface area contributed by atoms with Gasteiger partial charge in [0, 0.05) is 24.1 Å². The summed E-state index contributed by atoms with van der Waals surface area (Å²) in [7, 11) is 0. The van der Waals surface area contributed by atoms with Gasteiger partial charge in [0.2, 0.25) is 0 Å². The van der Waals surface area contributed by atoms with E-state index in [1.807, 2.05) is 37.3 Å². The average Bonchev–Trinajstić information content (AvgIpc) is 2.79. The molecule has 2 N–H and O–H groups in total. The standard InChI is InChI=1S/C26H35N3O2/c1-20-11-12-23(21(2)19-20)25(30)14-13-24(29-16-7-4-8-17-29)26(28-31-18-15-27)22-9-5-3-6-10-22/h3,5-6,9-12,19,24H,4,7-8,13-18,27H2,1-2H3. The summed E-state index contributed by atoms with van der Waals surface area (Å²) in [4.78, 5) is 21.1. The van der Waals surface area contributed by atoms with Gasteiger partial charge in [-0.2, -0.15) is 0 Å². The predicted molar refractivity (Wildman–Crippen MR) is 127 cm³/mol. The lowest BCUT2D eigenvalue weighted by molar-refractivity contribution is 0.0963. The summed E-state index contributed by atoms with van der Waals surface area (Å²) in [6.07, 6.45) is 4.80. The number of nitrogens with two attached hydrogens (primary N) is 1. The SMILES string of the molecule is Cc1ccc(C(=O)CCC(C(=NOCCN)c2ccccc2)N2CCCCC2)c(C)c1. The van der Waals surface area contributed by atoms with Crippen LogP contribution in [0.15, 0.2) is 53.7 Å². The number of aryl methyl sites for hydroxylation is 2. The lowest BCUT2D eigenvalue weighted by atomic mass is 9.92. The van der Waals surface area contributed by atoms with Crippen LogP contribution in [0.2, 0.25) is 0 Å². The number of carbonyl (C=O) groups excluding carboxylic acids is 1. The zero-order valence-corrected chi connectivity index (χ0v) is 18.8. The Morgan fingerprint density at radius 3 is 2.52 bits per heavy atom. The summed E-state index contributed by atoms with van der Waals surface area (Å²) in [5.41, 5.74) is 10.6. The second kappa shape index (κ2) is 11.8. The zero-order valence-electron chi connectivity index (χ0n) is 18.8. The van der Waals surface area contributed by atoms with Crippen LogP contribution >= 0.6 is 0 Å². The Labute approximate surface area is 186 Å². The number of hydrogen-bond donors (Lipinski definition) is 1. The van der Waals surface area contributed by atoms with Crippen molar-refractivity contribution in [3.05, 3.63) is 70.8 Å². The molecule has 1 aliphatic heterocycles.